The second-order valence-electron chi connectivity index (χ2n) is 4.95. The Hall–Kier alpha value is -0.160. The standard InChI is InChI=1S/C12H24N2O2/c1-13-9-11-3-4-12(10-13)14(11)5-6-16-8-7-15-2/h11-12H,3-10H2,1-2H3. The molecule has 2 aliphatic heterocycles. The maximum Gasteiger partial charge on any atom is 0.0700 e. The van der Waals surface area contributed by atoms with E-state index in [-0.39, 0.29) is 0 Å². The number of fused-ring (bicyclic) bond motifs is 2. The van der Waals surface area contributed by atoms with Gasteiger partial charge in [0, 0.05) is 38.8 Å². The molecule has 2 unspecified atom stereocenters. The van der Waals surface area contributed by atoms with Crippen molar-refractivity contribution in [1.29, 1.82) is 0 Å². The van der Waals surface area contributed by atoms with E-state index in [9.17, 15) is 0 Å². The first kappa shape index (κ1) is 12.3. The highest BCUT2D eigenvalue weighted by atomic mass is 16.5. The number of likely N-dealkylation sites (tertiary alicyclic amines) is 1. The van der Waals surface area contributed by atoms with E-state index in [4.69, 9.17) is 9.47 Å². The highest BCUT2D eigenvalue weighted by molar-refractivity contribution is 4.94. The SMILES string of the molecule is COCCOCCN1C2CCC1CN(C)C2. The first-order valence-electron chi connectivity index (χ1n) is 6.32. The van der Waals surface area contributed by atoms with Crippen molar-refractivity contribution in [1.82, 2.24) is 9.80 Å². The van der Waals surface area contributed by atoms with Crippen LogP contribution in [0, 0.1) is 0 Å². The van der Waals surface area contributed by atoms with Gasteiger partial charge in [-0.3, -0.25) is 4.90 Å². The molecule has 2 saturated heterocycles. The van der Waals surface area contributed by atoms with Crippen molar-refractivity contribution in [3.05, 3.63) is 0 Å². The fraction of sp³-hybridized carbons (Fsp3) is 1.00. The Morgan fingerprint density at radius 3 is 2.38 bits per heavy atom. The van der Waals surface area contributed by atoms with E-state index in [1.807, 2.05) is 0 Å². The van der Waals surface area contributed by atoms with Crippen molar-refractivity contribution in [2.24, 2.45) is 0 Å². The van der Waals surface area contributed by atoms with Crippen LogP contribution in [0.2, 0.25) is 0 Å². The van der Waals surface area contributed by atoms with E-state index in [0.29, 0.717) is 6.61 Å². The molecule has 0 spiro atoms. The van der Waals surface area contributed by atoms with Crippen LogP contribution in [0.1, 0.15) is 12.8 Å². The fourth-order valence-corrected chi connectivity index (χ4v) is 2.98. The predicted octanol–water partition coefficient (Wildman–Crippen LogP) is 0.428. The van der Waals surface area contributed by atoms with Crippen molar-refractivity contribution in [2.75, 3.05) is 53.6 Å². The summed E-state index contributed by atoms with van der Waals surface area (Å²) in [6, 6.07) is 1.55. The van der Waals surface area contributed by atoms with E-state index >= 15 is 0 Å². The first-order chi connectivity index (χ1) is 7.81. The van der Waals surface area contributed by atoms with Crippen LogP contribution < -0.4 is 0 Å². The summed E-state index contributed by atoms with van der Waals surface area (Å²) in [5.41, 5.74) is 0. The zero-order valence-corrected chi connectivity index (χ0v) is 10.5. The lowest BCUT2D eigenvalue weighted by atomic mass is 10.2. The van der Waals surface area contributed by atoms with Crippen LogP contribution in [0.15, 0.2) is 0 Å². The van der Waals surface area contributed by atoms with Crippen LogP contribution >= 0.6 is 0 Å². The molecule has 0 N–H and O–H groups in total. The van der Waals surface area contributed by atoms with Crippen molar-refractivity contribution in [2.45, 2.75) is 24.9 Å². The zero-order chi connectivity index (χ0) is 11.4. The van der Waals surface area contributed by atoms with Crippen molar-refractivity contribution >= 4 is 0 Å². The van der Waals surface area contributed by atoms with Gasteiger partial charge in [0.15, 0.2) is 0 Å². The summed E-state index contributed by atoms with van der Waals surface area (Å²) in [5, 5.41) is 0. The number of nitrogens with zero attached hydrogens (tertiary/aromatic N) is 2. The summed E-state index contributed by atoms with van der Waals surface area (Å²) < 4.78 is 10.5. The van der Waals surface area contributed by atoms with Crippen LogP contribution in [0.3, 0.4) is 0 Å². The van der Waals surface area contributed by atoms with E-state index in [2.05, 4.69) is 16.8 Å². The lowest BCUT2D eigenvalue weighted by molar-refractivity contribution is 0.0263. The topological polar surface area (TPSA) is 24.9 Å². The molecular formula is C12H24N2O2. The molecular weight excluding hydrogens is 204 g/mol. The van der Waals surface area contributed by atoms with Gasteiger partial charge in [0.05, 0.1) is 19.8 Å². The molecule has 0 saturated carbocycles. The normalized spacial score (nSPS) is 31.1. The summed E-state index contributed by atoms with van der Waals surface area (Å²) >= 11 is 0. The van der Waals surface area contributed by atoms with Crippen LogP contribution in [0.25, 0.3) is 0 Å². The Morgan fingerprint density at radius 1 is 1.06 bits per heavy atom. The van der Waals surface area contributed by atoms with Crippen LogP contribution in [0.4, 0.5) is 0 Å². The molecule has 16 heavy (non-hydrogen) atoms. The number of likely N-dealkylation sites (N-methyl/N-ethyl adjacent to an activating group) is 1. The van der Waals surface area contributed by atoms with Gasteiger partial charge < -0.3 is 14.4 Å². The third-order valence-electron chi connectivity index (χ3n) is 3.74. The average molecular weight is 228 g/mol. The van der Waals surface area contributed by atoms with Crippen LogP contribution in [-0.2, 0) is 9.47 Å². The Balaban J connectivity index is 1.66. The lowest BCUT2D eigenvalue weighted by Gasteiger charge is -2.39. The van der Waals surface area contributed by atoms with Gasteiger partial charge in [-0.15, -0.1) is 0 Å². The van der Waals surface area contributed by atoms with E-state index in [1.54, 1.807) is 7.11 Å². The van der Waals surface area contributed by atoms with Crippen molar-refractivity contribution < 1.29 is 9.47 Å². The molecule has 2 atom stereocenters. The third kappa shape index (κ3) is 2.94. The minimum Gasteiger partial charge on any atom is -0.382 e. The molecule has 0 aromatic rings. The summed E-state index contributed by atoms with van der Waals surface area (Å²) in [4.78, 5) is 5.11. The first-order valence-corrected chi connectivity index (χ1v) is 6.32. The number of rotatable bonds is 6. The maximum atomic E-state index is 5.55. The van der Waals surface area contributed by atoms with E-state index in [0.717, 1.165) is 31.8 Å². The highest BCUT2D eigenvalue weighted by Gasteiger charge is 2.37. The molecule has 2 bridgehead atoms. The monoisotopic (exact) mass is 228 g/mol. The Morgan fingerprint density at radius 2 is 1.75 bits per heavy atom. The van der Waals surface area contributed by atoms with Gasteiger partial charge in [-0.05, 0) is 19.9 Å². The fourth-order valence-electron chi connectivity index (χ4n) is 2.98. The quantitative estimate of drug-likeness (QED) is 0.616. The summed E-state index contributed by atoms with van der Waals surface area (Å²) in [7, 11) is 3.95. The molecule has 2 fully saturated rings. The predicted molar refractivity (Wildman–Crippen MR) is 63.7 cm³/mol. The Bertz CT molecular complexity index is 199. The number of hydrogen-bond donors (Lipinski definition) is 0. The summed E-state index contributed by atoms with van der Waals surface area (Å²) in [5.74, 6) is 0. The van der Waals surface area contributed by atoms with Gasteiger partial charge in [-0.25, -0.2) is 0 Å². The molecule has 2 rings (SSSR count). The maximum absolute atomic E-state index is 5.55. The van der Waals surface area contributed by atoms with Crippen molar-refractivity contribution in [3.63, 3.8) is 0 Å². The molecule has 0 amide bonds. The van der Waals surface area contributed by atoms with Gasteiger partial charge in [0.1, 0.15) is 0 Å². The second kappa shape index (κ2) is 5.96. The van der Waals surface area contributed by atoms with Crippen molar-refractivity contribution in [3.8, 4) is 0 Å². The molecule has 0 aromatic heterocycles. The highest BCUT2D eigenvalue weighted by Crippen LogP contribution is 2.28. The number of ether oxygens (including phenoxy) is 2. The van der Waals surface area contributed by atoms with Crippen LogP contribution in [-0.4, -0.2) is 75.5 Å². The zero-order valence-electron chi connectivity index (χ0n) is 10.5. The summed E-state index contributed by atoms with van der Waals surface area (Å²) in [6.07, 6.45) is 2.74. The van der Waals surface area contributed by atoms with Gasteiger partial charge in [-0.1, -0.05) is 0 Å². The lowest BCUT2D eigenvalue weighted by Crippen LogP contribution is -2.53. The van der Waals surface area contributed by atoms with Crippen LogP contribution in [0.5, 0.6) is 0 Å². The number of methoxy groups -OCH3 is 1. The minimum absolute atomic E-state index is 0.704. The summed E-state index contributed by atoms with van der Waals surface area (Å²) in [6.45, 7) is 5.82. The second-order valence-corrected chi connectivity index (χ2v) is 4.95. The van der Waals surface area contributed by atoms with Gasteiger partial charge in [-0.2, -0.15) is 0 Å². The molecule has 94 valence electrons. The molecule has 0 radical (unpaired) electrons. The number of hydrogen-bond acceptors (Lipinski definition) is 4. The molecule has 0 aromatic carbocycles. The van der Waals surface area contributed by atoms with Gasteiger partial charge in [0.2, 0.25) is 0 Å². The molecule has 2 aliphatic rings. The molecule has 4 nitrogen and oxygen atoms in total. The largest absolute Gasteiger partial charge is 0.382 e. The smallest absolute Gasteiger partial charge is 0.0700 e. The average Bonchev–Trinajstić information content (AvgIpc) is 2.51. The Labute approximate surface area is 98.5 Å². The molecule has 2 heterocycles. The molecule has 0 aliphatic carbocycles. The van der Waals surface area contributed by atoms with Gasteiger partial charge in [0.25, 0.3) is 0 Å². The van der Waals surface area contributed by atoms with Gasteiger partial charge >= 0.3 is 0 Å². The third-order valence-corrected chi connectivity index (χ3v) is 3.74. The number of piperazine rings is 1. The Kier molecular flexibility index (Phi) is 4.58. The minimum atomic E-state index is 0.704. The van der Waals surface area contributed by atoms with E-state index in [1.165, 1.54) is 25.9 Å². The van der Waals surface area contributed by atoms with E-state index < -0.39 is 0 Å². The molecule has 4 heteroatoms.